The Labute approximate surface area is 119 Å². The number of aliphatic hydroxyl groups excluding tert-OH is 1. The van der Waals surface area contributed by atoms with Crippen LogP contribution < -0.4 is 5.32 Å². The Morgan fingerprint density at radius 3 is 2.60 bits per heavy atom. The molecule has 3 rings (SSSR count). The summed E-state index contributed by atoms with van der Waals surface area (Å²) in [6, 6.07) is 14.3. The van der Waals surface area contributed by atoms with Crippen LogP contribution in [0.1, 0.15) is 31.6 Å². The number of rotatable bonds is 6. The second kappa shape index (κ2) is 5.43. The Morgan fingerprint density at radius 1 is 1.20 bits per heavy atom. The average molecular weight is 271 g/mol. The van der Waals surface area contributed by atoms with Crippen LogP contribution in [0.4, 0.5) is 0 Å². The van der Waals surface area contributed by atoms with Gasteiger partial charge in [0.2, 0.25) is 0 Å². The van der Waals surface area contributed by atoms with Crippen LogP contribution in [0.25, 0.3) is 11.3 Å². The van der Waals surface area contributed by atoms with Gasteiger partial charge in [-0.3, -0.25) is 0 Å². The van der Waals surface area contributed by atoms with Crippen LogP contribution in [0.2, 0.25) is 0 Å². The highest BCUT2D eigenvalue weighted by Gasteiger charge is 2.41. The lowest BCUT2D eigenvalue weighted by Crippen LogP contribution is -2.28. The van der Waals surface area contributed by atoms with Crippen LogP contribution in [0.5, 0.6) is 0 Å². The summed E-state index contributed by atoms with van der Waals surface area (Å²) in [5.74, 6) is 1.84. The number of nitrogens with one attached hydrogen (secondary N) is 1. The largest absolute Gasteiger partial charge is 0.459 e. The summed E-state index contributed by atoms with van der Waals surface area (Å²) in [7, 11) is 0. The summed E-state index contributed by atoms with van der Waals surface area (Å²) in [5.41, 5.74) is 1.23. The third-order valence-corrected chi connectivity index (χ3v) is 4.19. The molecule has 1 aliphatic rings. The zero-order chi connectivity index (χ0) is 14.0. The van der Waals surface area contributed by atoms with E-state index >= 15 is 0 Å². The molecule has 3 nitrogen and oxygen atoms in total. The summed E-state index contributed by atoms with van der Waals surface area (Å²) >= 11 is 0. The minimum atomic E-state index is 0.128. The Morgan fingerprint density at radius 2 is 1.95 bits per heavy atom. The predicted molar refractivity (Wildman–Crippen MR) is 79.3 cm³/mol. The molecule has 0 radical (unpaired) electrons. The van der Waals surface area contributed by atoms with Gasteiger partial charge in [0, 0.05) is 24.1 Å². The molecule has 1 saturated carbocycles. The van der Waals surface area contributed by atoms with E-state index in [1.165, 1.54) is 0 Å². The molecule has 0 saturated heterocycles. The van der Waals surface area contributed by atoms with Gasteiger partial charge in [-0.05, 0) is 31.9 Å². The quantitative estimate of drug-likeness (QED) is 0.846. The molecule has 20 heavy (non-hydrogen) atoms. The first-order valence-electron chi connectivity index (χ1n) is 7.22. The predicted octanol–water partition coefficient (Wildman–Crippen LogP) is 3.37. The lowest BCUT2D eigenvalue weighted by Gasteiger charge is -2.16. The van der Waals surface area contributed by atoms with E-state index in [1.807, 2.05) is 42.5 Å². The van der Waals surface area contributed by atoms with Crippen molar-refractivity contribution in [3.05, 3.63) is 48.2 Å². The maximum absolute atomic E-state index is 9.33. The highest BCUT2D eigenvalue weighted by Crippen LogP contribution is 2.44. The van der Waals surface area contributed by atoms with Gasteiger partial charge in [0.15, 0.2) is 0 Å². The van der Waals surface area contributed by atoms with Gasteiger partial charge >= 0.3 is 0 Å². The van der Waals surface area contributed by atoms with Crippen LogP contribution in [0, 0.1) is 5.41 Å². The summed E-state index contributed by atoms with van der Waals surface area (Å²) < 4.78 is 5.93. The molecule has 1 aromatic carbocycles. The van der Waals surface area contributed by atoms with Gasteiger partial charge in [0.1, 0.15) is 11.5 Å². The van der Waals surface area contributed by atoms with Crippen molar-refractivity contribution in [3.63, 3.8) is 0 Å². The van der Waals surface area contributed by atoms with Crippen molar-refractivity contribution < 1.29 is 9.52 Å². The lowest BCUT2D eigenvalue weighted by molar-refractivity contribution is 0.203. The molecule has 0 bridgehead atoms. The maximum Gasteiger partial charge on any atom is 0.134 e. The highest BCUT2D eigenvalue weighted by atomic mass is 16.3. The molecule has 106 valence electrons. The standard InChI is InChI=1S/C17H21NO2/c1-13(18-11-17(12-19)9-10-17)15-7-8-16(20-15)14-5-3-2-4-6-14/h2-8,13,18-19H,9-12H2,1H3. The number of aliphatic hydroxyl groups is 1. The van der Waals surface area contributed by atoms with Gasteiger partial charge in [-0.1, -0.05) is 30.3 Å². The number of hydrogen-bond acceptors (Lipinski definition) is 3. The molecule has 1 aliphatic carbocycles. The second-order valence-electron chi connectivity index (χ2n) is 5.83. The number of benzene rings is 1. The molecule has 0 aliphatic heterocycles. The fourth-order valence-corrected chi connectivity index (χ4v) is 2.38. The zero-order valence-electron chi connectivity index (χ0n) is 11.8. The van der Waals surface area contributed by atoms with Gasteiger partial charge in [0.05, 0.1) is 6.04 Å². The van der Waals surface area contributed by atoms with Gasteiger partial charge < -0.3 is 14.8 Å². The van der Waals surface area contributed by atoms with E-state index in [4.69, 9.17) is 4.42 Å². The Kier molecular flexibility index (Phi) is 3.64. The molecule has 2 N–H and O–H groups in total. The molecule has 1 unspecified atom stereocenters. The minimum absolute atomic E-state index is 0.128. The fourth-order valence-electron chi connectivity index (χ4n) is 2.38. The monoisotopic (exact) mass is 271 g/mol. The van der Waals surface area contributed by atoms with Crippen molar-refractivity contribution in [1.29, 1.82) is 0 Å². The van der Waals surface area contributed by atoms with Crippen molar-refractivity contribution in [2.24, 2.45) is 5.41 Å². The second-order valence-corrected chi connectivity index (χ2v) is 5.83. The van der Waals surface area contributed by atoms with Gasteiger partial charge in [-0.15, -0.1) is 0 Å². The minimum Gasteiger partial charge on any atom is -0.459 e. The van der Waals surface area contributed by atoms with E-state index < -0.39 is 0 Å². The Balaban J connectivity index is 1.64. The first kappa shape index (κ1) is 13.4. The van der Waals surface area contributed by atoms with Crippen molar-refractivity contribution in [1.82, 2.24) is 5.32 Å². The molecule has 2 aromatic rings. The maximum atomic E-state index is 9.33. The van der Waals surface area contributed by atoms with E-state index in [0.717, 1.165) is 36.5 Å². The topological polar surface area (TPSA) is 45.4 Å². The van der Waals surface area contributed by atoms with Crippen LogP contribution >= 0.6 is 0 Å². The van der Waals surface area contributed by atoms with Crippen molar-refractivity contribution in [2.75, 3.05) is 13.2 Å². The molecular weight excluding hydrogens is 250 g/mol. The summed E-state index contributed by atoms with van der Waals surface area (Å²) in [6.45, 7) is 3.23. The normalized spacial score (nSPS) is 17.9. The summed E-state index contributed by atoms with van der Waals surface area (Å²) in [5, 5.41) is 12.8. The molecule has 0 spiro atoms. The molecule has 1 fully saturated rings. The molecule has 1 heterocycles. The van der Waals surface area contributed by atoms with Gasteiger partial charge in [-0.2, -0.15) is 0 Å². The number of furan rings is 1. The van der Waals surface area contributed by atoms with E-state index in [9.17, 15) is 5.11 Å². The molecule has 1 aromatic heterocycles. The van der Waals surface area contributed by atoms with Gasteiger partial charge in [0.25, 0.3) is 0 Å². The highest BCUT2D eigenvalue weighted by molar-refractivity contribution is 5.57. The summed E-state index contributed by atoms with van der Waals surface area (Å²) in [4.78, 5) is 0. The smallest absolute Gasteiger partial charge is 0.134 e. The van der Waals surface area contributed by atoms with Crippen LogP contribution in [0.3, 0.4) is 0 Å². The van der Waals surface area contributed by atoms with Crippen molar-refractivity contribution in [2.45, 2.75) is 25.8 Å². The third kappa shape index (κ3) is 2.79. The van der Waals surface area contributed by atoms with Crippen molar-refractivity contribution >= 4 is 0 Å². The Bertz CT molecular complexity index is 557. The first-order valence-corrected chi connectivity index (χ1v) is 7.22. The van der Waals surface area contributed by atoms with Crippen molar-refractivity contribution in [3.8, 4) is 11.3 Å². The van der Waals surface area contributed by atoms with Crippen LogP contribution in [-0.2, 0) is 0 Å². The van der Waals surface area contributed by atoms with Crippen LogP contribution in [0.15, 0.2) is 46.9 Å². The molecule has 0 amide bonds. The van der Waals surface area contributed by atoms with Gasteiger partial charge in [-0.25, -0.2) is 0 Å². The Hall–Kier alpha value is -1.58. The first-order chi connectivity index (χ1) is 9.72. The SMILES string of the molecule is CC(NCC1(CO)CC1)c1ccc(-c2ccccc2)o1. The number of hydrogen-bond donors (Lipinski definition) is 2. The van der Waals surface area contributed by atoms with E-state index in [0.29, 0.717) is 0 Å². The molecule has 3 heteroatoms. The molecule has 1 atom stereocenters. The van der Waals surface area contributed by atoms with Crippen LogP contribution in [-0.4, -0.2) is 18.3 Å². The third-order valence-electron chi connectivity index (χ3n) is 4.19. The van der Waals surface area contributed by atoms with E-state index in [-0.39, 0.29) is 18.1 Å². The average Bonchev–Trinajstić information content (AvgIpc) is 3.12. The molecular formula is C17H21NO2. The fraction of sp³-hybridized carbons (Fsp3) is 0.412. The zero-order valence-corrected chi connectivity index (χ0v) is 11.8. The van der Waals surface area contributed by atoms with E-state index in [1.54, 1.807) is 0 Å². The van der Waals surface area contributed by atoms with E-state index in [2.05, 4.69) is 12.2 Å². The lowest BCUT2D eigenvalue weighted by atomic mass is 10.1. The summed E-state index contributed by atoms with van der Waals surface area (Å²) in [6.07, 6.45) is 2.24.